The molecule has 0 aliphatic carbocycles. The minimum Gasteiger partial charge on any atom is -0.325 e. The molecule has 4 rings (SSSR count). The Morgan fingerprint density at radius 1 is 1.04 bits per heavy atom. The number of nitrogens with zero attached hydrogens (tertiary/aromatic N) is 3. The molecule has 1 fully saturated rings. The van der Waals surface area contributed by atoms with Crippen molar-refractivity contribution in [2.24, 2.45) is 20.0 Å². The highest BCUT2D eigenvalue weighted by Crippen LogP contribution is 2.27. The fraction of sp³-hybridized carbons (Fsp3) is 0.250. The summed E-state index contributed by atoms with van der Waals surface area (Å²) in [5.74, 6) is -1.32. The first-order chi connectivity index (χ1) is 13.4. The number of carbonyl (C=O) groups is 2. The Hall–Kier alpha value is -3.06. The van der Waals surface area contributed by atoms with Gasteiger partial charge >= 0.3 is 5.69 Å². The van der Waals surface area contributed by atoms with Crippen molar-refractivity contribution < 1.29 is 9.59 Å². The summed E-state index contributed by atoms with van der Waals surface area (Å²) in [6.45, 7) is 0.477. The van der Waals surface area contributed by atoms with E-state index in [4.69, 9.17) is 11.6 Å². The number of amides is 2. The van der Waals surface area contributed by atoms with Crippen molar-refractivity contribution in [2.45, 2.75) is 6.42 Å². The predicted octanol–water partition coefficient (Wildman–Crippen LogP) is 2.52. The fourth-order valence-electron chi connectivity index (χ4n) is 3.61. The van der Waals surface area contributed by atoms with Crippen LogP contribution >= 0.6 is 11.6 Å². The zero-order valence-corrected chi connectivity index (χ0v) is 16.2. The average Bonchev–Trinajstić information content (AvgIpc) is 3.16. The number of anilines is 2. The molecule has 0 radical (unpaired) electrons. The minimum absolute atomic E-state index is 0.136. The second-order valence-electron chi connectivity index (χ2n) is 6.90. The van der Waals surface area contributed by atoms with Crippen LogP contribution in [0.15, 0.2) is 47.3 Å². The Kier molecular flexibility index (Phi) is 4.47. The molecule has 144 valence electrons. The molecule has 1 unspecified atom stereocenters. The van der Waals surface area contributed by atoms with E-state index in [0.717, 1.165) is 11.2 Å². The molecule has 1 N–H and O–H groups in total. The average molecular weight is 399 g/mol. The van der Waals surface area contributed by atoms with Gasteiger partial charge in [-0.25, -0.2) is 4.79 Å². The van der Waals surface area contributed by atoms with E-state index in [9.17, 15) is 14.4 Å². The topological polar surface area (TPSA) is 76.3 Å². The molecule has 1 aliphatic heterocycles. The molecule has 8 heteroatoms. The van der Waals surface area contributed by atoms with Crippen LogP contribution in [0.5, 0.6) is 0 Å². The molecule has 28 heavy (non-hydrogen) atoms. The zero-order valence-electron chi connectivity index (χ0n) is 15.5. The molecule has 0 saturated carbocycles. The number of aryl methyl sites for hydroxylation is 2. The van der Waals surface area contributed by atoms with E-state index in [2.05, 4.69) is 5.32 Å². The van der Waals surface area contributed by atoms with Gasteiger partial charge in [0, 0.05) is 37.0 Å². The fourth-order valence-corrected chi connectivity index (χ4v) is 3.74. The van der Waals surface area contributed by atoms with Gasteiger partial charge in [0.15, 0.2) is 0 Å². The van der Waals surface area contributed by atoms with Crippen LogP contribution in [0.2, 0.25) is 5.02 Å². The van der Waals surface area contributed by atoms with Gasteiger partial charge in [0.1, 0.15) is 5.92 Å². The van der Waals surface area contributed by atoms with Crippen molar-refractivity contribution in [2.75, 3.05) is 16.8 Å². The van der Waals surface area contributed by atoms with E-state index in [1.807, 2.05) is 0 Å². The molecule has 3 aromatic rings. The van der Waals surface area contributed by atoms with Crippen LogP contribution in [0.4, 0.5) is 11.4 Å². The number of rotatable bonds is 3. The Morgan fingerprint density at radius 3 is 2.43 bits per heavy atom. The maximum atomic E-state index is 12.7. The molecular formula is C20H19ClN4O3. The lowest BCUT2D eigenvalue weighted by molar-refractivity contribution is -0.129. The third-order valence-electron chi connectivity index (χ3n) is 5.20. The molecule has 7 nitrogen and oxygen atoms in total. The molecule has 0 bridgehead atoms. The molecule has 1 saturated heterocycles. The summed E-state index contributed by atoms with van der Waals surface area (Å²) in [4.78, 5) is 39.1. The van der Waals surface area contributed by atoms with Crippen molar-refractivity contribution in [1.82, 2.24) is 9.13 Å². The smallest absolute Gasteiger partial charge is 0.325 e. The highest BCUT2D eigenvalue weighted by Gasteiger charge is 2.37. The third kappa shape index (κ3) is 2.97. The van der Waals surface area contributed by atoms with Gasteiger partial charge in [-0.05, 0) is 48.9 Å². The Bertz CT molecular complexity index is 1150. The van der Waals surface area contributed by atoms with Crippen molar-refractivity contribution in [3.8, 4) is 0 Å². The lowest BCUT2D eigenvalue weighted by Gasteiger charge is -2.17. The number of hydrogen-bond donors (Lipinski definition) is 1. The van der Waals surface area contributed by atoms with E-state index in [1.54, 1.807) is 66.0 Å². The van der Waals surface area contributed by atoms with E-state index < -0.39 is 5.92 Å². The number of halogens is 1. The van der Waals surface area contributed by atoms with Crippen molar-refractivity contribution in [1.29, 1.82) is 0 Å². The molecule has 2 heterocycles. The van der Waals surface area contributed by atoms with Crippen LogP contribution in [0.1, 0.15) is 6.42 Å². The highest BCUT2D eigenvalue weighted by atomic mass is 35.5. The normalized spacial score (nSPS) is 16.8. The summed E-state index contributed by atoms with van der Waals surface area (Å²) in [6, 6.07) is 12.2. The van der Waals surface area contributed by atoms with E-state index in [1.165, 1.54) is 4.57 Å². The minimum atomic E-state index is -0.744. The number of imidazole rings is 1. The second kappa shape index (κ2) is 6.83. The Labute approximate surface area is 166 Å². The summed E-state index contributed by atoms with van der Waals surface area (Å²) in [6.07, 6.45) is 0.444. The van der Waals surface area contributed by atoms with Gasteiger partial charge in [0.2, 0.25) is 11.8 Å². The lowest BCUT2D eigenvalue weighted by atomic mass is 10.1. The summed E-state index contributed by atoms with van der Waals surface area (Å²) in [7, 11) is 3.38. The first kappa shape index (κ1) is 18.3. The summed E-state index contributed by atoms with van der Waals surface area (Å²) in [5, 5.41) is 3.40. The molecule has 2 aromatic carbocycles. The molecule has 0 spiro atoms. The molecule has 2 amide bonds. The quantitative estimate of drug-likeness (QED) is 0.689. The second-order valence-corrected chi connectivity index (χ2v) is 7.34. The predicted molar refractivity (Wildman–Crippen MR) is 109 cm³/mol. The monoisotopic (exact) mass is 398 g/mol. The van der Waals surface area contributed by atoms with Gasteiger partial charge in [-0.3, -0.25) is 18.7 Å². The maximum absolute atomic E-state index is 12.7. The maximum Gasteiger partial charge on any atom is 0.328 e. The Balaban J connectivity index is 1.53. The van der Waals surface area contributed by atoms with Gasteiger partial charge in [-0.1, -0.05) is 11.6 Å². The van der Waals surface area contributed by atoms with Crippen LogP contribution in [-0.2, 0) is 23.7 Å². The van der Waals surface area contributed by atoms with Crippen molar-refractivity contribution >= 4 is 45.8 Å². The molecule has 1 aromatic heterocycles. The van der Waals surface area contributed by atoms with Crippen LogP contribution in [0.3, 0.4) is 0 Å². The number of hydrogen-bond acceptors (Lipinski definition) is 3. The van der Waals surface area contributed by atoms with E-state index in [0.29, 0.717) is 29.2 Å². The number of fused-ring (bicyclic) bond motifs is 1. The highest BCUT2D eigenvalue weighted by molar-refractivity contribution is 6.30. The molecule has 1 atom stereocenters. The molecule has 1 aliphatic rings. The van der Waals surface area contributed by atoms with E-state index in [-0.39, 0.29) is 17.5 Å². The lowest BCUT2D eigenvalue weighted by Crippen LogP contribution is -2.33. The van der Waals surface area contributed by atoms with Gasteiger partial charge < -0.3 is 10.2 Å². The standard InChI is InChI=1S/C20H19ClN4O3/c1-23-16-8-5-13(11-17(16)24(2)20(23)28)22-18(26)15-9-10-25(19(15)27)14-6-3-12(21)4-7-14/h3-8,11,15H,9-10H2,1-2H3,(H,22,26). The van der Waals surface area contributed by atoms with Crippen molar-refractivity contribution in [3.63, 3.8) is 0 Å². The van der Waals surface area contributed by atoms with Crippen molar-refractivity contribution in [3.05, 3.63) is 58.0 Å². The van der Waals surface area contributed by atoms with Crippen LogP contribution in [0, 0.1) is 5.92 Å². The van der Waals surface area contributed by atoms with Gasteiger partial charge in [-0.15, -0.1) is 0 Å². The summed E-state index contributed by atoms with van der Waals surface area (Å²) >= 11 is 5.90. The third-order valence-corrected chi connectivity index (χ3v) is 5.45. The first-order valence-electron chi connectivity index (χ1n) is 8.90. The number of benzene rings is 2. The number of nitrogens with one attached hydrogen (secondary N) is 1. The SMILES string of the molecule is Cn1c(=O)n(C)c2cc(NC(=O)C3CCN(c4ccc(Cl)cc4)C3=O)ccc21. The van der Waals surface area contributed by atoms with Gasteiger partial charge in [0.25, 0.3) is 0 Å². The largest absolute Gasteiger partial charge is 0.328 e. The zero-order chi connectivity index (χ0) is 20.0. The van der Waals surface area contributed by atoms with Crippen LogP contribution in [-0.4, -0.2) is 27.5 Å². The first-order valence-corrected chi connectivity index (χ1v) is 9.28. The number of carbonyl (C=O) groups excluding carboxylic acids is 2. The summed E-state index contributed by atoms with van der Waals surface area (Å²) in [5.41, 5.74) is 2.63. The molecular weight excluding hydrogens is 380 g/mol. The number of aromatic nitrogens is 2. The summed E-state index contributed by atoms with van der Waals surface area (Å²) < 4.78 is 3.07. The Morgan fingerprint density at radius 2 is 1.71 bits per heavy atom. The van der Waals surface area contributed by atoms with E-state index >= 15 is 0 Å². The van der Waals surface area contributed by atoms with Crippen LogP contribution in [0.25, 0.3) is 11.0 Å². The van der Waals surface area contributed by atoms with Gasteiger partial charge in [-0.2, -0.15) is 0 Å². The van der Waals surface area contributed by atoms with Gasteiger partial charge in [0.05, 0.1) is 11.0 Å². The van der Waals surface area contributed by atoms with Crippen LogP contribution < -0.4 is 15.9 Å².